The number of hydrogen-bond acceptors (Lipinski definition) is 8. The molecule has 2 aromatic rings. The maximum atomic E-state index is 13.9. The quantitative estimate of drug-likeness (QED) is 0.516. The second-order valence-corrected chi connectivity index (χ2v) is 8.75. The molecule has 11 heteroatoms. The third kappa shape index (κ3) is 5.59. The molecule has 1 unspecified atom stereocenters. The molecule has 2 N–H and O–H groups in total. The van der Waals surface area contributed by atoms with E-state index in [0.717, 1.165) is 31.3 Å². The lowest BCUT2D eigenvalue weighted by molar-refractivity contribution is -0.139. The highest BCUT2D eigenvalue weighted by Gasteiger charge is 2.43. The Balaban J connectivity index is 2.41. The molecule has 8 nitrogen and oxygen atoms in total. The van der Waals surface area contributed by atoms with Gasteiger partial charge < -0.3 is 19.9 Å². The number of hydrogen-bond donors (Lipinski definition) is 1. The van der Waals surface area contributed by atoms with Crippen molar-refractivity contribution in [3.63, 3.8) is 0 Å². The van der Waals surface area contributed by atoms with Crippen LogP contribution >= 0.6 is 0 Å². The predicted octanol–water partition coefficient (Wildman–Crippen LogP) is 4.64. The van der Waals surface area contributed by atoms with Gasteiger partial charge in [0.25, 0.3) is 0 Å². The molecule has 200 valence electrons. The Kier molecular flexibility index (Phi) is 8.36. The SMILES string of the molecule is COC(=O)C1=C(C(=O)OC)N(c2cc(OCC(C)C)cc(C(F)(F)F)c2)C(N)=C(C#N)C1c1ccccc1. The van der Waals surface area contributed by atoms with Crippen molar-refractivity contribution in [2.75, 3.05) is 25.7 Å². The van der Waals surface area contributed by atoms with Crippen LogP contribution in [0.4, 0.5) is 18.9 Å². The molecule has 0 saturated heterocycles. The van der Waals surface area contributed by atoms with Gasteiger partial charge in [0, 0.05) is 6.07 Å². The summed E-state index contributed by atoms with van der Waals surface area (Å²) >= 11 is 0. The van der Waals surface area contributed by atoms with Gasteiger partial charge in [-0.3, -0.25) is 4.90 Å². The lowest BCUT2D eigenvalue weighted by Gasteiger charge is -2.36. The van der Waals surface area contributed by atoms with Gasteiger partial charge >= 0.3 is 18.1 Å². The van der Waals surface area contributed by atoms with Crippen LogP contribution in [0.25, 0.3) is 0 Å². The highest BCUT2D eigenvalue weighted by Crippen LogP contribution is 2.45. The Bertz CT molecular complexity index is 1330. The number of ether oxygens (including phenoxy) is 3. The summed E-state index contributed by atoms with van der Waals surface area (Å²) in [6.45, 7) is 3.76. The molecule has 2 aromatic carbocycles. The molecule has 0 aromatic heterocycles. The second kappa shape index (κ2) is 11.3. The summed E-state index contributed by atoms with van der Waals surface area (Å²) < 4.78 is 57.0. The van der Waals surface area contributed by atoms with Crippen LogP contribution in [0.3, 0.4) is 0 Å². The van der Waals surface area contributed by atoms with Gasteiger partial charge in [0.2, 0.25) is 0 Å². The van der Waals surface area contributed by atoms with Gasteiger partial charge in [-0.05, 0) is 23.6 Å². The monoisotopic (exact) mass is 529 g/mol. The highest BCUT2D eigenvalue weighted by molar-refractivity contribution is 6.06. The summed E-state index contributed by atoms with van der Waals surface area (Å²) in [5.74, 6) is -3.73. The van der Waals surface area contributed by atoms with Crippen LogP contribution in [0.5, 0.6) is 5.75 Å². The summed E-state index contributed by atoms with van der Waals surface area (Å²) in [6.07, 6.45) is -4.79. The van der Waals surface area contributed by atoms with Crippen molar-refractivity contribution in [1.82, 2.24) is 0 Å². The number of esters is 2. The molecule has 0 aliphatic carbocycles. The van der Waals surface area contributed by atoms with Crippen LogP contribution in [0.1, 0.15) is 30.9 Å². The predicted molar refractivity (Wildman–Crippen MR) is 131 cm³/mol. The Labute approximate surface area is 217 Å². The molecule has 0 spiro atoms. The van der Waals surface area contributed by atoms with Gasteiger partial charge in [0.15, 0.2) is 0 Å². The maximum Gasteiger partial charge on any atom is 0.416 e. The first kappa shape index (κ1) is 28.1. The summed E-state index contributed by atoms with van der Waals surface area (Å²) in [4.78, 5) is 27.1. The average Bonchev–Trinajstić information content (AvgIpc) is 2.89. The molecular formula is C27H26F3N3O5. The first-order valence-corrected chi connectivity index (χ1v) is 11.4. The summed E-state index contributed by atoms with van der Waals surface area (Å²) in [5, 5.41) is 10.1. The molecule has 1 atom stereocenters. The molecule has 3 rings (SSSR count). The number of benzene rings is 2. The molecule has 38 heavy (non-hydrogen) atoms. The number of nitrogens with zero attached hydrogens (tertiary/aromatic N) is 2. The lowest BCUT2D eigenvalue weighted by Crippen LogP contribution is -2.40. The van der Waals surface area contributed by atoms with Crippen LogP contribution in [-0.4, -0.2) is 32.8 Å². The van der Waals surface area contributed by atoms with E-state index in [0.29, 0.717) is 5.56 Å². The van der Waals surface area contributed by atoms with Crippen molar-refractivity contribution in [2.24, 2.45) is 11.7 Å². The number of alkyl halides is 3. The van der Waals surface area contributed by atoms with E-state index in [1.807, 2.05) is 19.9 Å². The number of methoxy groups -OCH3 is 2. The maximum absolute atomic E-state index is 13.9. The van der Waals surface area contributed by atoms with E-state index < -0.39 is 35.3 Å². The summed E-state index contributed by atoms with van der Waals surface area (Å²) in [6, 6.07) is 13.0. The zero-order chi connectivity index (χ0) is 28.2. The fraction of sp³-hybridized carbons (Fsp3) is 0.296. The van der Waals surface area contributed by atoms with Crippen molar-refractivity contribution in [1.29, 1.82) is 5.26 Å². The minimum absolute atomic E-state index is 0.00113. The number of nitriles is 1. The minimum Gasteiger partial charge on any atom is -0.493 e. The van der Waals surface area contributed by atoms with Crippen LogP contribution in [0, 0.1) is 17.2 Å². The van der Waals surface area contributed by atoms with E-state index in [9.17, 15) is 28.0 Å². The smallest absolute Gasteiger partial charge is 0.416 e. The number of carbonyl (C=O) groups excluding carboxylic acids is 2. The molecule has 0 amide bonds. The Morgan fingerprint density at radius 3 is 2.24 bits per heavy atom. The van der Waals surface area contributed by atoms with Crippen LogP contribution in [-0.2, 0) is 25.2 Å². The van der Waals surface area contributed by atoms with E-state index in [1.165, 1.54) is 6.07 Å². The molecule has 1 aliphatic rings. The summed E-state index contributed by atoms with van der Waals surface area (Å²) in [7, 11) is 2.12. The largest absolute Gasteiger partial charge is 0.493 e. The fourth-order valence-electron chi connectivity index (χ4n) is 4.00. The van der Waals surface area contributed by atoms with Crippen LogP contribution < -0.4 is 15.4 Å². The number of halogens is 3. The molecule has 0 bridgehead atoms. The third-order valence-corrected chi connectivity index (χ3v) is 5.67. The van der Waals surface area contributed by atoms with Crippen molar-refractivity contribution in [3.8, 4) is 11.8 Å². The first-order chi connectivity index (χ1) is 17.9. The second-order valence-electron chi connectivity index (χ2n) is 8.75. The van der Waals surface area contributed by atoms with E-state index in [4.69, 9.17) is 19.9 Å². The molecular weight excluding hydrogens is 503 g/mol. The summed E-state index contributed by atoms with van der Waals surface area (Å²) in [5.41, 5.74) is 4.47. The number of anilines is 1. The molecule has 1 heterocycles. The van der Waals surface area contributed by atoms with E-state index in [-0.39, 0.29) is 40.9 Å². The van der Waals surface area contributed by atoms with Gasteiger partial charge in [0.1, 0.15) is 17.3 Å². The van der Waals surface area contributed by atoms with Gasteiger partial charge in [0.05, 0.1) is 55.2 Å². The zero-order valence-corrected chi connectivity index (χ0v) is 21.1. The van der Waals surface area contributed by atoms with Crippen molar-refractivity contribution < 1.29 is 37.0 Å². The normalized spacial score (nSPS) is 15.9. The van der Waals surface area contributed by atoms with Crippen molar-refractivity contribution in [3.05, 3.63) is 82.3 Å². The van der Waals surface area contributed by atoms with Crippen LogP contribution in [0.2, 0.25) is 0 Å². The van der Waals surface area contributed by atoms with Gasteiger partial charge in [-0.2, -0.15) is 18.4 Å². The van der Waals surface area contributed by atoms with Crippen LogP contribution in [0.15, 0.2) is 71.2 Å². The Morgan fingerprint density at radius 1 is 1.08 bits per heavy atom. The minimum atomic E-state index is -4.79. The number of rotatable bonds is 7. The first-order valence-electron chi connectivity index (χ1n) is 11.4. The fourth-order valence-corrected chi connectivity index (χ4v) is 4.00. The Morgan fingerprint density at radius 2 is 1.71 bits per heavy atom. The molecule has 0 fully saturated rings. The third-order valence-electron chi connectivity index (χ3n) is 5.67. The van der Waals surface area contributed by atoms with Gasteiger partial charge in [-0.15, -0.1) is 0 Å². The van der Waals surface area contributed by atoms with Crippen molar-refractivity contribution >= 4 is 17.6 Å². The standard InChI is InChI=1S/C27H26F3N3O5/c1-15(2)14-38-19-11-17(27(28,29)30)10-18(12-19)33-23(26(35)37-4)22(25(34)36-3)21(20(13-31)24(33)32)16-8-6-5-7-9-16/h5-12,15,21H,14,32H2,1-4H3. The van der Waals surface area contributed by atoms with Crippen molar-refractivity contribution in [2.45, 2.75) is 25.9 Å². The lowest BCUT2D eigenvalue weighted by atomic mass is 9.81. The highest BCUT2D eigenvalue weighted by atomic mass is 19.4. The number of nitrogens with two attached hydrogens (primary N) is 1. The van der Waals surface area contributed by atoms with Gasteiger partial charge in [-0.25, -0.2) is 9.59 Å². The van der Waals surface area contributed by atoms with Gasteiger partial charge in [-0.1, -0.05) is 44.2 Å². The van der Waals surface area contributed by atoms with E-state index in [1.54, 1.807) is 30.3 Å². The van der Waals surface area contributed by atoms with E-state index in [2.05, 4.69) is 0 Å². The number of carbonyl (C=O) groups is 2. The zero-order valence-electron chi connectivity index (χ0n) is 21.1. The topological polar surface area (TPSA) is 115 Å². The Hall–Kier alpha value is -4.46. The van der Waals surface area contributed by atoms with E-state index >= 15 is 0 Å². The molecule has 0 saturated carbocycles. The average molecular weight is 530 g/mol. The number of allylic oxidation sites excluding steroid dienone is 1. The molecule has 1 aliphatic heterocycles. The molecule has 0 radical (unpaired) electrons.